The highest BCUT2D eigenvalue weighted by Crippen LogP contribution is 2.02. The third-order valence-corrected chi connectivity index (χ3v) is 4.63. The van der Waals surface area contributed by atoms with Crippen LogP contribution in [0.5, 0.6) is 0 Å². The predicted octanol–water partition coefficient (Wildman–Crippen LogP) is -0.144. The predicted molar refractivity (Wildman–Crippen MR) is 112 cm³/mol. The molecule has 0 bridgehead atoms. The Morgan fingerprint density at radius 2 is 1.91 bits per heavy atom. The molecule has 3 aromatic rings. The molecule has 1 N–H and O–H groups in total. The molecule has 0 spiro atoms. The van der Waals surface area contributed by atoms with Crippen LogP contribution in [0.25, 0.3) is 0 Å². The largest absolute Gasteiger partial charge is 0.445 e. The summed E-state index contributed by atoms with van der Waals surface area (Å²) in [6.45, 7) is 1.41. The van der Waals surface area contributed by atoms with E-state index >= 15 is 0 Å². The smallest absolute Gasteiger partial charge is 0.408 e. The van der Waals surface area contributed by atoms with Gasteiger partial charge in [0, 0.05) is 19.3 Å². The van der Waals surface area contributed by atoms with Crippen LogP contribution in [-0.2, 0) is 36.3 Å². The van der Waals surface area contributed by atoms with Gasteiger partial charge in [-0.15, -0.1) is 10.2 Å². The SMILES string of the molecule is CCC(NC(=O)OCc1ccccc1)C(=O)Cn1nnc(Cn2c(=O)ccn(C)c2=O)n1. The summed E-state index contributed by atoms with van der Waals surface area (Å²) in [6, 6.07) is 9.63. The number of carbonyl (C=O) groups excluding carboxylic acids is 2. The molecule has 12 heteroatoms. The van der Waals surface area contributed by atoms with Gasteiger partial charge in [0.15, 0.2) is 11.6 Å². The zero-order chi connectivity index (χ0) is 23.1. The van der Waals surface area contributed by atoms with Crippen LogP contribution in [0, 0.1) is 0 Å². The topological polar surface area (TPSA) is 143 Å². The molecule has 3 rings (SSSR count). The minimum absolute atomic E-state index is 0.0869. The standard InChI is InChI=1S/C20H23N7O5/c1-3-15(21-19(30)32-13-14-7-5-4-6-8-14)16(28)11-27-23-17(22-24-27)12-26-18(29)9-10-25(2)20(26)31/h4-10,15H,3,11-13H2,1-2H3,(H,21,30). The molecule has 168 valence electrons. The number of tetrazole rings is 1. The van der Waals surface area contributed by atoms with E-state index in [0.29, 0.717) is 6.42 Å². The first-order valence-corrected chi connectivity index (χ1v) is 9.90. The number of nitrogens with zero attached hydrogens (tertiary/aromatic N) is 6. The molecule has 1 amide bonds. The summed E-state index contributed by atoms with van der Waals surface area (Å²) in [7, 11) is 1.52. The fraction of sp³-hybridized carbons (Fsp3) is 0.350. The van der Waals surface area contributed by atoms with Crippen molar-refractivity contribution < 1.29 is 14.3 Å². The van der Waals surface area contributed by atoms with Gasteiger partial charge in [-0.05, 0) is 17.2 Å². The van der Waals surface area contributed by atoms with Crippen LogP contribution in [0.2, 0.25) is 0 Å². The number of aromatic nitrogens is 6. The second-order valence-electron chi connectivity index (χ2n) is 7.00. The Morgan fingerprint density at radius 3 is 2.62 bits per heavy atom. The lowest BCUT2D eigenvalue weighted by Crippen LogP contribution is -2.42. The van der Waals surface area contributed by atoms with Crippen LogP contribution in [-0.4, -0.2) is 47.3 Å². The van der Waals surface area contributed by atoms with Crippen LogP contribution < -0.4 is 16.6 Å². The Balaban J connectivity index is 1.57. The van der Waals surface area contributed by atoms with E-state index in [2.05, 4.69) is 20.7 Å². The van der Waals surface area contributed by atoms with Crippen molar-refractivity contribution >= 4 is 11.9 Å². The number of ketones is 1. The Labute approximate surface area is 182 Å². The molecule has 2 aromatic heterocycles. The third-order valence-electron chi connectivity index (χ3n) is 4.63. The molecular weight excluding hydrogens is 418 g/mol. The average Bonchev–Trinajstić information content (AvgIpc) is 3.23. The highest BCUT2D eigenvalue weighted by atomic mass is 16.5. The van der Waals surface area contributed by atoms with Crippen molar-refractivity contribution in [3.8, 4) is 0 Å². The average molecular weight is 441 g/mol. The Hall–Kier alpha value is -4.09. The van der Waals surface area contributed by atoms with E-state index in [1.807, 2.05) is 30.3 Å². The highest BCUT2D eigenvalue weighted by Gasteiger charge is 2.21. The minimum Gasteiger partial charge on any atom is -0.445 e. The van der Waals surface area contributed by atoms with E-state index < -0.39 is 23.4 Å². The molecule has 1 aromatic carbocycles. The Kier molecular flexibility index (Phi) is 7.26. The van der Waals surface area contributed by atoms with Gasteiger partial charge in [0.25, 0.3) is 5.56 Å². The van der Waals surface area contributed by atoms with E-state index in [-0.39, 0.29) is 31.3 Å². The number of amides is 1. The van der Waals surface area contributed by atoms with E-state index in [0.717, 1.165) is 14.9 Å². The Bertz CT molecular complexity index is 1200. The Morgan fingerprint density at radius 1 is 1.16 bits per heavy atom. The van der Waals surface area contributed by atoms with Gasteiger partial charge in [0.2, 0.25) is 0 Å². The fourth-order valence-electron chi connectivity index (χ4n) is 2.87. The first-order chi connectivity index (χ1) is 15.4. The zero-order valence-corrected chi connectivity index (χ0v) is 17.7. The van der Waals surface area contributed by atoms with E-state index in [1.54, 1.807) is 6.92 Å². The van der Waals surface area contributed by atoms with Gasteiger partial charge >= 0.3 is 11.8 Å². The molecule has 0 saturated carbocycles. The molecule has 0 fully saturated rings. The van der Waals surface area contributed by atoms with Gasteiger partial charge in [-0.2, -0.15) is 4.80 Å². The van der Waals surface area contributed by atoms with Crippen LogP contribution >= 0.6 is 0 Å². The number of hydrogen-bond acceptors (Lipinski definition) is 8. The van der Waals surface area contributed by atoms with Gasteiger partial charge in [0.05, 0.1) is 12.6 Å². The van der Waals surface area contributed by atoms with Gasteiger partial charge in [-0.25, -0.2) is 9.59 Å². The molecule has 0 aliphatic rings. The first-order valence-electron chi connectivity index (χ1n) is 9.90. The summed E-state index contributed by atoms with van der Waals surface area (Å²) < 4.78 is 7.36. The van der Waals surface area contributed by atoms with Crippen molar-refractivity contribution in [1.82, 2.24) is 34.7 Å². The van der Waals surface area contributed by atoms with Crippen LogP contribution in [0.3, 0.4) is 0 Å². The van der Waals surface area contributed by atoms with E-state index in [4.69, 9.17) is 4.74 Å². The molecule has 0 aliphatic heterocycles. The van der Waals surface area contributed by atoms with Crippen LogP contribution in [0.4, 0.5) is 4.79 Å². The summed E-state index contributed by atoms with van der Waals surface area (Å²) in [4.78, 5) is 49.7. The number of ether oxygens (including phenoxy) is 1. The molecule has 12 nitrogen and oxygen atoms in total. The fourth-order valence-corrected chi connectivity index (χ4v) is 2.87. The van der Waals surface area contributed by atoms with Crippen molar-refractivity contribution in [1.29, 1.82) is 0 Å². The summed E-state index contributed by atoms with van der Waals surface area (Å²) in [5.41, 5.74) is -0.187. The number of alkyl carbamates (subject to hydrolysis) is 1. The lowest BCUT2D eigenvalue weighted by atomic mass is 10.1. The lowest BCUT2D eigenvalue weighted by molar-refractivity contribution is -0.122. The van der Waals surface area contributed by atoms with Crippen LogP contribution in [0.1, 0.15) is 24.7 Å². The van der Waals surface area contributed by atoms with Crippen molar-refractivity contribution in [3.05, 3.63) is 74.8 Å². The van der Waals surface area contributed by atoms with Crippen molar-refractivity contribution in [2.24, 2.45) is 7.05 Å². The second-order valence-corrected chi connectivity index (χ2v) is 7.00. The number of rotatable bonds is 9. The van der Waals surface area contributed by atoms with E-state index in [1.165, 1.54) is 23.9 Å². The number of hydrogen-bond donors (Lipinski definition) is 1. The highest BCUT2D eigenvalue weighted by molar-refractivity contribution is 5.87. The minimum atomic E-state index is -0.795. The summed E-state index contributed by atoms with van der Waals surface area (Å²) >= 11 is 0. The summed E-state index contributed by atoms with van der Waals surface area (Å²) in [5, 5.41) is 14.2. The third kappa shape index (κ3) is 5.74. The van der Waals surface area contributed by atoms with Gasteiger partial charge in [-0.1, -0.05) is 37.3 Å². The molecular formula is C20H23N7O5. The molecule has 0 aliphatic carbocycles. The van der Waals surface area contributed by atoms with Gasteiger partial charge in [-0.3, -0.25) is 14.2 Å². The monoisotopic (exact) mass is 441 g/mol. The quantitative estimate of drug-likeness (QED) is 0.483. The number of Topliss-reactive ketones (excluding diaryl/α,β-unsaturated/α-hetero) is 1. The van der Waals surface area contributed by atoms with Crippen molar-refractivity contribution in [3.63, 3.8) is 0 Å². The van der Waals surface area contributed by atoms with Crippen molar-refractivity contribution in [2.75, 3.05) is 0 Å². The van der Waals surface area contributed by atoms with Gasteiger partial charge in [0.1, 0.15) is 13.2 Å². The zero-order valence-electron chi connectivity index (χ0n) is 17.7. The summed E-state index contributed by atoms with van der Waals surface area (Å²) in [6.07, 6.45) is 1.00. The molecule has 0 radical (unpaired) electrons. The maximum atomic E-state index is 12.6. The summed E-state index contributed by atoms with van der Waals surface area (Å²) in [5.74, 6) is -0.243. The van der Waals surface area contributed by atoms with E-state index in [9.17, 15) is 19.2 Å². The lowest BCUT2D eigenvalue weighted by Gasteiger charge is -2.15. The van der Waals surface area contributed by atoms with Gasteiger partial charge < -0.3 is 14.6 Å². The number of nitrogens with one attached hydrogen (secondary N) is 1. The maximum absolute atomic E-state index is 12.6. The maximum Gasteiger partial charge on any atom is 0.408 e. The van der Waals surface area contributed by atoms with Crippen LogP contribution in [0.15, 0.2) is 52.2 Å². The van der Waals surface area contributed by atoms with Crippen molar-refractivity contribution in [2.45, 2.75) is 39.1 Å². The normalized spacial score (nSPS) is 11.7. The molecule has 0 saturated heterocycles. The molecule has 2 heterocycles. The number of aryl methyl sites for hydroxylation is 1. The molecule has 32 heavy (non-hydrogen) atoms. The second kappa shape index (κ2) is 10.3. The number of benzene rings is 1. The number of carbonyl (C=O) groups is 2. The molecule has 1 unspecified atom stereocenters. The molecule has 1 atom stereocenters. The first kappa shape index (κ1) is 22.6.